The predicted molar refractivity (Wildman–Crippen MR) is 48.7 cm³/mol. The second kappa shape index (κ2) is 3.88. The fraction of sp³-hybridized carbons (Fsp3) is 0.778. The zero-order valence-electron chi connectivity index (χ0n) is 7.56. The van der Waals surface area contributed by atoms with Gasteiger partial charge in [0.1, 0.15) is 0 Å². The minimum Gasteiger partial charge on any atom is -0.314 e. The first kappa shape index (κ1) is 8.75. The number of nitrogens with zero attached hydrogens (tertiary/aromatic N) is 1. The van der Waals surface area contributed by atoms with Gasteiger partial charge in [-0.2, -0.15) is 0 Å². The SMILES string of the molecule is C=C(C)CN(CC)C1CNC1. The zero-order valence-corrected chi connectivity index (χ0v) is 7.56. The lowest BCUT2D eigenvalue weighted by Gasteiger charge is -2.37. The molecule has 1 fully saturated rings. The summed E-state index contributed by atoms with van der Waals surface area (Å²) in [6, 6.07) is 0.761. The van der Waals surface area contributed by atoms with Crippen LogP contribution in [0.15, 0.2) is 12.2 Å². The van der Waals surface area contributed by atoms with Gasteiger partial charge in [0.2, 0.25) is 0 Å². The van der Waals surface area contributed by atoms with Crippen molar-refractivity contribution in [2.75, 3.05) is 26.2 Å². The summed E-state index contributed by atoms with van der Waals surface area (Å²) in [5, 5.41) is 3.28. The highest BCUT2D eigenvalue weighted by Crippen LogP contribution is 2.06. The van der Waals surface area contributed by atoms with Crippen molar-refractivity contribution in [1.82, 2.24) is 10.2 Å². The zero-order chi connectivity index (χ0) is 8.27. The van der Waals surface area contributed by atoms with Crippen LogP contribution in [0, 0.1) is 0 Å². The lowest BCUT2D eigenvalue weighted by molar-refractivity contribution is 0.166. The van der Waals surface area contributed by atoms with E-state index >= 15 is 0 Å². The molecule has 2 heteroatoms. The Kier molecular flexibility index (Phi) is 3.09. The molecule has 0 radical (unpaired) electrons. The molecule has 0 unspecified atom stereocenters. The maximum atomic E-state index is 3.92. The summed E-state index contributed by atoms with van der Waals surface area (Å²) in [4.78, 5) is 2.47. The highest BCUT2D eigenvalue weighted by atomic mass is 15.2. The van der Waals surface area contributed by atoms with Crippen molar-refractivity contribution in [2.45, 2.75) is 19.9 Å². The third-order valence-corrected chi connectivity index (χ3v) is 2.16. The van der Waals surface area contributed by atoms with E-state index in [9.17, 15) is 0 Å². The second-order valence-electron chi connectivity index (χ2n) is 3.33. The normalized spacial score (nSPS) is 18.5. The smallest absolute Gasteiger partial charge is 0.0348 e. The van der Waals surface area contributed by atoms with Crippen LogP contribution in [0.1, 0.15) is 13.8 Å². The van der Waals surface area contributed by atoms with Crippen LogP contribution in [0.25, 0.3) is 0 Å². The minimum atomic E-state index is 0.761. The van der Waals surface area contributed by atoms with Gasteiger partial charge in [-0.3, -0.25) is 4.90 Å². The standard InChI is InChI=1S/C9H18N2/c1-4-11(7-8(2)3)9-5-10-6-9/h9-10H,2,4-7H2,1,3H3. The molecule has 1 saturated heterocycles. The number of nitrogens with one attached hydrogen (secondary N) is 1. The maximum Gasteiger partial charge on any atom is 0.0348 e. The van der Waals surface area contributed by atoms with Gasteiger partial charge in [0.25, 0.3) is 0 Å². The molecule has 64 valence electrons. The lowest BCUT2D eigenvalue weighted by Crippen LogP contribution is -2.57. The maximum absolute atomic E-state index is 3.92. The van der Waals surface area contributed by atoms with Crippen LogP contribution in [0.4, 0.5) is 0 Å². The third-order valence-electron chi connectivity index (χ3n) is 2.16. The fourth-order valence-electron chi connectivity index (χ4n) is 1.38. The van der Waals surface area contributed by atoms with Gasteiger partial charge in [-0.1, -0.05) is 19.1 Å². The Labute approximate surface area is 69.3 Å². The molecule has 0 amide bonds. The number of likely N-dealkylation sites (N-methyl/N-ethyl adjacent to an activating group) is 1. The summed E-state index contributed by atoms with van der Waals surface area (Å²) in [7, 11) is 0. The average Bonchev–Trinajstić information content (AvgIpc) is 1.81. The number of hydrogen-bond donors (Lipinski definition) is 1. The van der Waals surface area contributed by atoms with Crippen molar-refractivity contribution < 1.29 is 0 Å². The summed E-state index contributed by atoms with van der Waals surface area (Å²) < 4.78 is 0. The molecule has 0 saturated carbocycles. The van der Waals surface area contributed by atoms with Crippen molar-refractivity contribution >= 4 is 0 Å². The van der Waals surface area contributed by atoms with E-state index < -0.39 is 0 Å². The van der Waals surface area contributed by atoms with Gasteiger partial charge in [-0.25, -0.2) is 0 Å². The van der Waals surface area contributed by atoms with E-state index in [1.165, 1.54) is 5.57 Å². The summed E-state index contributed by atoms with van der Waals surface area (Å²) in [5.41, 5.74) is 1.26. The monoisotopic (exact) mass is 154 g/mol. The number of rotatable bonds is 4. The molecule has 0 aromatic carbocycles. The van der Waals surface area contributed by atoms with Gasteiger partial charge in [0.05, 0.1) is 0 Å². The second-order valence-corrected chi connectivity index (χ2v) is 3.33. The fourth-order valence-corrected chi connectivity index (χ4v) is 1.38. The minimum absolute atomic E-state index is 0.761. The molecule has 0 aromatic rings. The van der Waals surface area contributed by atoms with Crippen molar-refractivity contribution in [3.63, 3.8) is 0 Å². The van der Waals surface area contributed by atoms with Crippen molar-refractivity contribution in [2.24, 2.45) is 0 Å². The lowest BCUT2D eigenvalue weighted by atomic mass is 10.1. The Hall–Kier alpha value is -0.340. The molecule has 0 aliphatic carbocycles. The largest absolute Gasteiger partial charge is 0.314 e. The molecule has 1 aliphatic heterocycles. The molecule has 0 bridgehead atoms. The van der Waals surface area contributed by atoms with Crippen LogP contribution in [0.3, 0.4) is 0 Å². The molecular weight excluding hydrogens is 136 g/mol. The topological polar surface area (TPSA) is 15.3 Å². The average molecular weight is 154 g/mol. The van der Waals surface area contributed by atoms with Gasteiger partial charge in [-0.15, -0.1) is 0 Å². The van der Waals surface area contributed by atoms with Crippen molar-refractivity contribution in [3.8, 4) is 0 Å². The summed E-state index contributed by atoms with van der Waals surface area (Å²) in [5.74, 6) is 0. The van der Waals surface area contributed by atoms with Crippen LogP contribution >= 0.6 is 0 Å². The van der Waals surface area contributed by atoms with E-state index in [0.717, 1.165) is 32.2 Å². The van der Waals surface area contributed by atoms with E-state index in [2.05, 4.69) is 30.6 Å². The summed E-state index contributed by atoms with van der Waals surface area (Å²) in [6.07, 6.45) is 0. The van der Waals surface area contributed by atoms with Crippen LogP contribution in [0.2, 0.25) is 0 Å². The predicted octanol–water partition coefficient (Wildman–Crippen LogP) is 0.856. The van der Waals surface area contributed by atoms with Gasteiger partial charge < -0.3 is 5.32 Å². The summed E-state index contributed by atoms with van der Waals surface area (Å²) >= 11 is 0. The Bertz CT molecular complexity index is 138. The molecule has 1 heterocycles. The van der Waals surface area contributed by atoms with Crippen LogP contribution in [0.5, 0.6) is 0 Å². The van der Waals surface area contributed by atoms with Crippen LogP contribution in [-0.4, -0.2) is 37.1 Å². The molecule has 11 heavy (non-hydrogen) atoms. The van der Waals surface area contributed by atoms with Gasteiger partial charge >= 0.3 is 0 Å². The molecule has 0 atom stereocenters. The molecule has 1 aliphatic rings. The van der Waals surface area contributed by atoms with E-state index in [1.807, 2.05) is 0 Å². The highest BCUT2D eigenvalue weighted by molar-refractivity contribution is 4.95. The molecule has 0 aromatic heterocycles. The Balaban J connectivity index is 2.29. The van der Waals surface area contributed by atoms with Crippen molar-refractivity contribution in [1.29, 1.82) is 0 Å². The number of hydrogen-bond acceptors (Lipinski definition) is 2. The van der Waals surface area contributed by atoms with E-state index in [0.29, 0.717) is 0 Å². The first-order valence-electron chi connectivity index (χ1n) is 4.33. The Morgan fingerprint density at radius 1 is 1.64 bits per heavy atom. The van der Waals surface area contributed by atoms with E-state index in [4.69, 9.17) is 0 Å². The third kappa shape index (κ3) is 2.31. The van der Waals surface area contributed by atoms with Gasteiger partial charge in [0.15, 0.2) is 0 Å². The quantitative estimate of drug-likeness (QED) is 0.604. The molecule has 1 rings (SSSR count). The van der Waals surface area contributed by atoms with E-state index in [1.54, 1.807) is 0 Å². The van der Waals surface area contributed by atoms with Crippen molar-refractivity contribution in [3.05, 3.63) is 12.2 Å². The molecule has 1 N–H and O–H groups in total. The van der Waals surface area contributed by atoms with Gasteiger partial charge in [0, 0.05) is 25.7 Å². The first-order valence-corrected chi connectivity index (χ1v) is 4.33. The Morgan fingerprint density at radius 3 is 2.55 bits per heavy atom. The Morgan fingerprint density at radius 2 is 2.27 bits per heavy atom. The van der Waals surface area contributed by atoms with Crippen LogP contribution in [-0.2, 0) is 0 Å². The molecular formula is C9H18N2. The molecule has 0 spiro atoms. The molecule has 2 nitrogen and oxygen atoms in total. The van der Waals surface area contributed by atoms with E-state index in [-0.39, 0.29) is 0 Å². The van der Waals surface area contributed by atoms with Gasteiger partial charge in [-0.05, 0) is 13.5 Å². The first-order chi connectivity index (χ1) is 5.24. The highest BCUT2D eigenvalue weighted by Gasteiger charge is 2.22. The van der Waals surface area contributed by atoms with Crippen LogP contribution < -0.4 is 5.32 Å². The summed E-state index contributed by atoms with van der Waals surface area (Å²) in [6.45, 7) is 12.7.